The minimum Gasteiger partial charge on any atom is -0.481 e. The van der Waals surface area contributed by atoms with E-state index in [4.69, 9.17) is 14.9 Å². The van der Waals surface area contributed by atoms with Crippen LogP contribution in [0.15, 0.2) is 40.8 Å². The van der Waals surface area contributed by atoms with Crippen molar-refractivity contribution in [2.75, 3.05) is 6.54 Å². The lowest BCUT2D eigenvalue weighted by atomic mass is 9.99. The van der Waals surface area contributed by atoms with Gasteiger partial charge in [0, 0.05) is 6.54 Å². The number of nitrogens with two attached hydrogens (primary N) is 1. The maximum Gasteiger partial charge on any atom is 0.168 e. The van der Waals surface area contributed by atoms with Crippen LogP contribution in [-0.4, -0.2) is 6.54 Å². The molecule has 0 radical (unpaired) electrons. The van der Waals surface area contributed by atoms with Crippen molar-refractivity contribution in [3.05, 3.63) is 53.5 Å². The molecular weight excluding hydrogens is 250 g/mol. The second kappa shape index (κ2) is 6.62. The van der Waals surface area contributed by atoms with Crippen LogP contribution in [0.1, 0.15) is 49.4 Å². The van der Waals surface area contributed by atoms with Crippen molar-refractivity contribution >= 4 is 0 Å². The number of hydrogen-bond acceptors (Lipinski definition) is 3. The third-order valence-corrected chi connectivity index (χ3v) is 3.63. The molecule has 0 spiro atoms. The van der Waals surface area contributed by atoms with Crippen LogP contribution < -0.4 is 10.5 Å². The summed E-state index contributed by atoms with van der Waals surface area (Å²) < 4.78 is 11.5. The maximum atomic E-state index is 5.91. The molecule has 3 heteroatoms. The summed E-state index contributed by atoms with van der Waals surface area (Å²) in [5.41, 5.74) is 7.11. The van der Waals surface area contributed by atoms with Crippen molar-refractivity contribution in [3.63, 3.8) is 0 Å². The van der Waals surface area contributed by atoms with Crippen LogP contribution in [0.5, 0.6) is 5.75 Å². The van der Waals surface area contributed by atoms with Crippen LogP contribution in [0.4, 0.5) is 0 Å². The molecule has 0 saturated carbocycles. The predicted molar refractivity (Wildman–Crippen MR) is 81.0 cm³/mol. The van der Waals surface area contributed by atoms with E-state index in [9.17, 15) is 0 Å². The first-order valence-corrected chi connectivity index (χ1v) is 7.17. The largest absolute Gasteiger partial charge is 0.481 e. The third kappa shape index (κ3) is 3.42. The topological polar surface area (TPSA) is 48.4 Å². The van der Waals surface area contributed by atoms with Gasteiger partial charge in [0.05, 0.1) is 0 Å². The lowest BCUT2D eigenvalue weighted by Crippen LogP contribution is -2.17. The molecule has 2 N–H and O–H groups in total. The highest BCUT2D eigenvalue weighted by Gasteiger charge is 2.15. The van der Waals surface area contributed by atoms with Crippen LogP contribution in [0.3, 0.4) is 0 Å². The minimum absolute atomic E-state index is 0.238. The highest BCUT2D eigenvalue weighted by Crippen LogP contribution is 2.25. The fourth-order valence-electron chi connectivity index (χ4n) is 2.12. The van der Waals surface area contributed by atoms with Gasteiger partial charge in [0.15, 0.2) is 6.10 Å². The molecule has 0 fully saturated rings. The smallest absolute Gasteiger partial charge is 0.168 e. The molecule has 1 aromatic carbocycles. The number of ether oxygens (including phenoxy) is 1. The van der Waals surface area contributed by atoms with E-state index in [1.54, 1.807) is 0 Å². The normalized spacial score (nSPS) is 14.0. The monoisotopic (exact) mass is 273 g/mol. The summed E-state index contributed by atoms with van der Waals surface area (Å²) in [6.45, 7) is 6.72. The lowest BCUT2D eigenvalue weighted by molar-refractivity contribution is 0.182. The Bertz CT molecular complexity index is 530. The average Bonchev–Trinajstić information content (AvgIpc) is 2.91. The van der Waals surface area contributed by atoms with Gasteiger partial charge < -0.3 is 14.9 Å². The van der Waals surface area contributed by atoms with Crippen molar-refractivity contribution in [3.8, 4) is 5.75 Å². The van der Waals surface area contributed by atoms with Crippen molar-refractivity contribution in [1.82, 2.24) is 0 Å². The standard InChI is InChI=1S/C17H23NO2/c1-4-12(2)14-6-8-15(9-7-14)20-17(11-18)16-10-5-13(3)19-16/h5-10,12,17H,4,11,18H2,1-3H3. The van der Waals surface area contributed by atoms with E-state index in [0.717, 1.165) is 23.7 Å². The Morgan fingerprint density at radius 1 is 1.15 bits per heavy atom. The molecule has 0 amide bonds. The molecule has 2 atom stereocenters. The van der Waals surface area contributed by atoms with E-state index in [0.29, 0.717) is 12.5 Å². The molecule has 1 heterocycles. The Hall–Kier alpha value is -1.74. The van der Waals surface area contributed by atoms with Crippen LogP contribution >= 0.6 is 0 Å². The van der Waals surface area contributed by atoms with E-state index in [1.165, 1.54) is 5.56 Å². The first-order valence-electron chi connectivity index (χ1n) is 7.17. The fourth-order valence-corrected chi connectivity index (χ4v) is 2.12. The molecule has 1 aromatic heterocycles. The van der Waals surface area contributed by atoms with Crippen LogP contribution in [0, 0.1) is 6.92 Å². The Kier molecular flexibility index (Phi) is 4.85. The second-order valence-electron chi connectivity index (χ2n) is 5.17. The van der Waals surface area contributed by atoms with Gasteiger partial charge in [0.2, 0.25) is 0 Å². The van der Waals surface area contributed by atoms with Crippen LogP contribution in [-0.2, 0) is 0 Å². The number of furan rings is 1. The summed E-state index contributed by atoms with van der Waals surface area (Å²) in [7, 11) is 0. The Morgan fingerprint density at radius 3 is 2.35 bits per heavy atom. The predicted octanol–water partition coefficient (Wildman–Crippen LogP) is 4.18. The minimum atomic E-state index is -0.238. The fraction of sp³-hybridized carbons (Fsp3) is 0.412. The van der Waals surface area contributed by atoms with Gasteiger partial charge in [-0.1, -0.05) is 26.0 Å². The molecule has 108 valence electrons. The van der Waals surface area contributed by atoms with Crippen molar-refractivity contribution in [2.24, 2.45) is 5.73 Å². The molecule has 0 aliphatic carbocycles. The molecule has 0 bridgehead atoms. The van der Waals surface area contributed by atoms with Gasteiger partial charge in [0.1, 0.15) is 17.3 Å². The van der Waals surface area contributed by atoms with Gasteiger partial charge in [-0.3, -0.25) is 0 Å². The van der Waals surface area contributed by atoms with Gasteiger partial charge in [-0.15, -0.1) is 0 Å². The van der Waals surface area contributed by atoms with Gasteiger partial charge in [-0.2, -0.15) is 0 Å². The summed E-state index contributed by atoms with van der Waals surface area (Å²) in [6, 6.07) is 12.1. The van der Waals surface area contributed by atoms with E-state index in [-0.39, 0.29) is 6.10 Å². The molecule has 0 aliphatic heterocycles. The number of benzene rings is 1. The SMILES string of the molecule is CCC(C)c1ccc(OC(CN)c2ccc(C)o2)cc1. The highest BCUT2D eigenvalue weighted by atomic mass is 16.5. The lowest BCUT2D eigenvalue weighted by Gasteiger charge is -2.16. The highest BCUT2D eigenvalue weighted by molar-refractivity contribution is 5.29. The Labute approximate surface area is 120 Å². The molecule has 0 aliphatic rings. The molecule has 2 rings (SSSR count). The first-order chi connectivity index (χ1) is 9.63. The van der Waals surface area contributed by atoms with Gasteiger partial charge in [0.25, 0.3) is 0 Å². The number of hydrogen-bond donors (Lipinski definition) is 1. The van der Waals surface area contributed by atoms with E-state index in [2.05, 4.69) is 26.0 Å². The van der Waals surface area contributed by atoms with Crippen molar-refractivity contribution < 1.29 is 9.15 Å². The van der Waals surface area contributed by atoms with Crippen molar-refractivity contribution in [2.45, 2.75) is 39.2 Å². The maximum absolute atomic E-state index is 5.91. The third-order valence-electron chi connectivity index (χ3n) is 3.63. The van der Waals surface area contributed by atoms with E-state index >= 15 is 0 Å². The zero-order valence-electron chi connectivity index (χ0n) is 12.4. The number of rotatable bonds is 6. The molecule has 3 nitrogen and oxygen atoms in total. The molecular formula is C17H23NO2. The van der Waals surface area contributed by atoms with Crippen LogP contribution in [0.2, 0.25) is 0 Å². The summed E-state index contributed by atoms with van der Waals surface area (Å²) in [6.07, 6.45) is 0.898. The van der Waals surface area contributed by atoms with Crippen LogP contribution in [0.25, 0.3) is 0 Å². The van der Waals surface area contributed by atoms with Gasteiger partial charge in [-0.25, -0.2) is 0 Å². The summed E-state index contributed by atoms with van der Waals surface area (Å²) in [5.74, 6) is 3.04. The van der Waals surface area contributed by atoms with E-state index < -0.39 is 0 Å². The second-order valence-corrected chi connectivity index (χ2v) is 5.17. The molecule has 0 saturated heterocycles. The summed E-state index contributed by atoms with van der Waals surface area (Å²) in [4.78, 5) is 0. The molecule has 2 aromatic rings. The zero-order chi connectivity index (χ0) is 14.5. The Morgan fingerprint density at radius 2 is 1.85 bits per heavy atom. The van der Waals surface area contributed by atoms with E-state index in [1.807, 2.05) is 31.2 Å². The summed E-state index contributed by atoms with van der Waals surface area (Å²) >= 11 is 0. The molecule has 20 heavy (non-hydrogen) atoms. The van der Waals surface area contributed by atoms with Gasteiger partial charge >= 0.3 is 0 Å². The first kappa shape index (κ1) is 14.7. The average molecular weight is 273 g/mol. The summed E-state index contributed by atoms with van der Waals surface area (Å²) in [5, 5.41) is 0. The van der Waals surface area contributed by atoms with Gasteiger partial charge in [-0.05, 0) is 49.1 Å². The zero-order valence-corrected chi connectivity index (χ0v) is 12.4. The quantitative estimate of drug-likeness (QED) is 0.859. The van der Waals surface area contributed by atoms with Crippen molar-refractivity contribution in [1.29, 1.82) is 0 Å². The number of aryl methyl sites for hydroxylation is 1. The Balaban J connectivity index is 2.08. The molecule has 2 unspecified atom stereocenters.